The van der Waals surface area contributed by atoms with E-state index < -0.39 is 0 Å². The van der Waals surface area contributed by atoms with E-state index in [4.69, 9.17) is 0 Å². The summed E-state index contributed by atoms with van der Waals surface area (Å²) in [6.45, 7) is 3.93. The summed E-state index contributed by atoms with van der Waals surface area (Å²) in [6, 6.07) is -0.241. The van der Waals surface area contributed by atoms with Gasteiger partial charge in [0, 0.05) is 0 Å². The first kappa shape index (κ1) is 11.2. The fraction of sp³-hybridized carbons (Fsp3) is 0.800. The summed E-state index contributed by atoms with van der Waals surface area (Å²) < 4.78 is 4.60. The number of carbonyl (C=O) groups excluding carboxylic acids is 1. The van der Waals surface area contributed by atoms with Gasteiger partial charge in [0.05, 0.1) is 6.61 Å². The number of rotatable bonds is 2. The molecule has 3 N–H and O–H groups in total. The van der Waals surface area contributed by atoms with Crippen molar-refractivity contribution in [3.8, 4) is 0 Å². The van der Waals surface area contributed by atoms with E-state index in [-0.39, 0.29) is 16.7 Å². The van der Waals surface area contributed by atoms with Crippen LogP contribution in [0.25, 0.3) is 0 Å². The van der Waals surface area contributed by atoms with Gasteiger partial charge in [0.15, 0.2) is 6.04 Å². The molecule has 0 aliphatic carbocycles. The van der Waals surface area contributed by atoms with Crippen LogP contribution in [0.1, 0.15) is 13.8 Å². The van der Waals surface area contributed by atoms with Crippen LogP contribution < -0.4 is 10.4 Å². The average Bonchev–Trinajstić information content (AvgIpc) is 1.67. The molecule has 56 valence electrons. The molecule has 0 aromatic heterocycles. The smallest absolute Gasteiger partial charge is 0.364 e. The molecule has 0 unspecified atom stereocenters. The van der Waals surface area contributed by atoms with Crippen molar-refractivity contribution in [2.75, 3.05) is 6.61 Å². The Labute approximate surface area is 53.5 Å². The Morgan fingerprint density at radius 2 is 2.22 bits per heavy atom. The number of carbonyl (C=O) groups is 1. The van der Waals surface area contributed by atoms with Crippen LogP contribution in [0.15, 0.2) is 0 Å². The lowest BCUT2D eigenvalue weighted by molar-refractivity contribution is -0.402. The lowest BCUT2D eigenvalue weighted by atomic mass is 10.4. The van der Waals surface area contributed by atoms with Crippen molar-refractivity contribution in [1.29, 1.82) is 0 Å². The molecule has 0 aliphatic heterocycles. The molecular weight excluding hydrogens is 125 g/mol. The topological polar surface area (TPSA) is 53.9 Å². The fourth-order valence-corrected chi connectivity index (χ4v) is 0.285. The van der Waals surface area contributed by atoms with Gasteiger partial charge in [-0.1, -0.05) is 0 Å². The minimum absolute atomic E-state index is 0. The second-order valence-corrected chi connectivity index (χ2v) is 1.65. The molecule has 0 rings (SSSR count). The van der Waals surface area contributed by atoms with Crippen LogP contribution in [0.5, 0.6) is 0 Å². The number of quaternary nitrogens is 1. The summed E-state index contributed by atoms with van der Waals surface area (Å²) in [7, 11) is 0. The van der Waals surface area contributed by atoms with E-state index in [9.17, 15) is 4.79 Å². The number of hydrogen-bond donors (Lipinski definition) is 1. The Balaban J connectivity index is 0. The Morgan fingerprint density at radius 3 is 2.33 bits per heavy atom. The van der Waals surface area contributed by atoms with E-state index in [1.165, 1.54) is 0 Å². The van der Waals surface area contributed by atoms with E-state index in [1.807, 2.05) is 0 Å². The Bertz CT molecular complexity index is 85.0. The predicted octanol–water partition coefficient (Wildman–Crippen LogP) is -3.82. The zero-order valence-corrected chi connectivity index (χ0v) is 5.69. The fourth-order valence-electron chi connectivity index (χ4n) is 0.285. The third kappa shape index (κ3) is 5.23. The molecule has 0 radical (unpaired) electrons. The van der Waals surface area contributed by atoms with Crippen LogP contribution in [0, 0.1) is 0 Å². The highest BCUT2D eigenvalue weighted by molar-refractivity contribution is 5.73. The Kier molecular flexibility index (Phi) is 6.84. The molecule has 0 bridgehead atoms. The summed E-state index contributed by atoms with van der Waals surface area (Å²) in [5.41, 5.74) is 3.48. The first-order valence-corrected chi connectivity index (χ1v) is 2.68. The molecule has 4 heteroatoms. The monoisotopic (exact) mass is 137 g/mol. The van der Waals surface area contributed by atoms with Crippen LogP contribution in [0.2, 0.25) is 0 Å². The summed E-state index contributed by atoms with van der Waals surface area (Å²) >= 11 is 0. The third-order valence-corrected chi connectivity index (χ3v) is 0.689. The maximum atomic E-state index is 10.5. The quantitative estimate of drug-likeness (QED) is 0.397. The van der Waals surface area contributed by atoms with Gasteiger partial charge in [-0.25, -0.2) is 4.79 Å². The van der Waals surface area contributed by atoms with E-state index >= 15 is 0 Å². The Morgan fingerprint density at radius 1 is 1.78 bits per heavy atom. The molecular formula is C5H12FNO2. The summed E-state index contributed by atoms with van der Waals surface area (Å²) in [5.74, 6) is -0.229. The van der Waals surface area contributed by atoms with Crippen molar-refractivity contribution in [2.24, 2.45) is 0 Å². The second kappa shape index (κ2) is 5.50. The van der Waals surface area contributed by atoms with E-state index in [2.05, 4.69) is 10.5 Å². The molecule has 3 nitrogen and oxygen atoms in total. The molecule has 1 atom stereocenters. The van der Waals surface area contributed by atoms with E-state index in [0.717, 1.165) is 0 Å². The number of esters is 1. The van der Waals surface area contributed by atoms with Gasteiger partial charge in [0.25, 0.3) is 0 Å². The lowest BCUT2D eigenvalue weighted by Gasteiger charge is -1.99. The molecule has 0 heterocycles. The lowest BCUT2D eigenvalue weighted by Crippen LogP contribution is -3.00. The third-order valence-electron chi connectivity index (χ3n) is 0.689. The van der Waals surface area contributed by atoms with E-state index in [1.54, 1.807) is 13.8 Å². The van der Waals surface area contributed by atoms with Gasteiger partial charge in [-0.3, -0.25) is 0 Å². The highest BCUT2D eigenvalue weighted by Crippen LogP contribution is 1.78. The number of halogens is 1. The maximum Gasteiger partial charge on any atom is 0.364 e. The summed E-state index contributed by atoms with van der Waals surface area (Å²) in [5, 5.41) is 0. The van der Waals surface area contributed by atoms with Gasteiger partial charge in [-0.05, 0) is 13.8 Å². The van der Waals surface area contributed by atoms with Crippen LogP contribution in [-0.4, -0.2) is 18.6 Å². The van der Waals surface area contributed by atoms with Crippen molar-refractivity contribution in [2.45, 2.75) is 19.9 Å². The Hall–Kier alpha value is -0.640. The zero-order chi connectivity index (χ0) is 6.57. The normalized spacial score (nSPS) is 11.4. The van der Waals surface area contributed by atoms with Gasteiger partial charge in [-0.2, -0.15) is 0 Å². The van der Waals surface area contributed by atoms with Crippen molar-refractivity contribution in [3.05, 3.63) is 0 Å². The molecule has 0 saturated heterocycles. The highest BCUT2D eigenvalue weighted by atomic mass is 19.0. The minimum Gasteiger partial charge on any atom is -1.00 e. The average molecular weight is 137 g/mol. The van der Waals surface area contributed by atoms with Gasteiger partial charge in [-0.15, -0.1) is 0 Å². The molecule has 0 fully saturated rings. The first-order valence-electron chi connectivity index (χ1n) is 2.68. The van der Waals surface area contributed by atoms with Crippen LogP contribution in [-0.2, 0) is 9.53 Å². The highest BCUT2D eigenvalue weighted by Gasteiger charge is 2.09. The standard InChI is InChI=1S/C5H11NO2.FH/c1-3-8-5(7)4(2)6;/h4H,3,6H2,1-2H3;1H/t4-;/m0./s1. The van der Waals surface area contributed by atoms with Crippen molar-refractivity contribution < 1.29 is 20.0 Å². The first-order chi connectivity index (χ1) is 3.68. The minimum atomic E-state index is -0.241. The van der Waals surface area contributed by atoms with Gasteiger partial charge in [0.1, 0.15) is 0 Å². The number of ether oxygens (including phenoxy) is 1. The molecule has 0 aliphatic rings. The molecule has 0 saturated carbocycles. The van der Waals surface area contributed by atoms with Gasteiger partial charge >= 0.3 is 5.97 Å². The van der Waals surface area contributed by atoms with Crippen molar-refractivity contribution in [1.82, 2.24) is 0 Å². The van der Waals surface area contributed by atoms with Crippen molar-refractivity contribution in [3.63, 3.8) is 0 Å². The molecule has 0 amide bonds. The van der Waals surface area contributed by atoms with Crippen molar-refractivity contribution >= 4 is 5.97 Å². The summed E-state index contributed by atoms with van der Waals surface area (Å²) in [4.78, 5) is 10.5. The van der Waals surface area contributed by atoms with E-state index in [0.29, 0.717) is 6.61 Å². The molecule has 0 spiro atoms. The molecule has 0 aromatic rings. The molecule has 9 heavy (non-hydrogen) atoms. The van der Waals surface area contributed by atoms with Crippen LogP contribution >= 0.6 is 0 Å². The maximum absolute atomic E-state index is 10.5. The SMILES string of the molecule is CCOC(=O)[C@H](C)[NH3+].[F-]. The summed E-state index contributed by atoms with van der Waals surface area (Å²) in [6.07, 6.45) is 0. The van der Waals surface area contributed by atoms with Crippen LogP contribution in [0.3, 0.4) is 0 Å². The van der Waals surface area contributed by atoms with Gasteiger partial charge in [0.2, 0.25) is 0 Å². The van der Waals surface area contributed by atoms with Gasteiger partial charge < -0.3 is 15.2 Å². The molecule has 0 aromatic carbocycles. The largest absolute Gasteiger partial charge is 1.00 e. The zero-order valence-electron chi connectivity index (χ0n) is 5.69. The predicted molar refractivity (Wildman–Crippen MR) is 29.0 cm³/mol. The second-order valence-electron chi connectivity index (χ2n) is 1.65. The van der Waals surface area contributed by atoms with Crippen LogP contribution in [0.4, 0.5) is 0 Å². The number of hydrogen-bond acceptors (Lipinski definition) is 2.